The molecule has 2 heterocycles. The molecule has 4 heteroatoms. The van der Waals surface area contributed by atoms with Crippen molar-refractivity contribution in [1.29, 1.82) is 0 Å². The molecule has 3 unspecified atom stereocenters. The summed E-state index contributed by atoms with van der Waals surface area (Å²) in [7, 11) is 0. The lowest BCUT2D eigenvalue weighted by molar-refractivity contribution is -0.154. The van der Waals surface area contributed by atoms with Gasteiger partial charge in [-0.3, -0.25) is 4.79 Å². The summed E-state index contributed by atoms with van der Waals surface area (Å²) >= 11 is 0. The number of carboxylic acids is 1. The van der Waals surface area contributed by atoms with Crippen molar-refractivity contribution in [2.45, 2.75) is 44.8 Å². The fourth-order valence-corrected chi connectivity index (χ4v) is 2.79. The first kappa shape index (κ1) is 10.9. The van der Waals surface area contributed by atoms with Crippen molar-refractivity contribution < 1.29 is 19.4 Å². The van der Waals surface area contributed by atoms with Gasteiger partial charge in [-0.25, -0.2) is 0 Å². The lowest BCUT2D eigenvalue weighted by Gasteiger charge is -2.30. The second-order valence-corrected chi connectivity index (χ2v) is 4.44. The van der Waals surface area contributed by atoms with E-state index >= 15 is 0 Å². The van der Waals surface area contributed by atoms with E-state index in [-0.39, 0.29) is 12.2 Å². The fraction of sp³-hybridized carbons (Fsp3) is 0.909. The van der Waals surface area contributed by atoms with Crippen LogP contribution in [0.15, 0.2) is 0 Å². The molecule has 0 radical (unpaired) electrons. The average molecular weight is 214 g/mol. The van der Waals surface area contributed by atoms with Crippen LogP contribution in [0.1, 0.15) is 32.6 Å². The molecule has 0 aromatic rings. The smallest absolute Gasteiger partial charge is 0.312 e. The van der Waals surface area contributed by atoms with Crippen molar-refractivity contribution in [1.82, 2.24) is 0 Å². The molecule has 4 nitrogen and oxygen atoms in total. The Labute approximate surface area is 89.6 Å². The maximum atomic E-state index is 11.4. The van der Waals surface area contributed by atoms with Crippen LogP contribution >= 0.6 is 0 Å². The van der Waals surface area contributed by atoms with E-state index in [1.54, 1.807) is 0 Å². The third kappa shape index (κ3) is 1.76. The van der Waals surface area contributed by atoms with Gasteiger partial charge in [0.2, 0.25) is 0 Å². The minimum absolute atomic E-state index is 0.0829. The first-order valence-corrected chi connectivity index (χ1v) is 5.65. The average Bonchev–Trinajstić information content (AvgIpc) is 2.78. The number of hydrogen-bond acceptors (Lipinski definition) is 3. The first-order chi connectivity index (χ1) is 7.19. The molecule has 3 atom stereocenters. The van der Waals surface area contributed by atoms with E-state index in [9.17, 15) is 9.90 Å². The van der Waals surface area contributed by atoms with E-state index in [4.69, 9.17) is 9.47 Å². The van der Waals surface area contributed by atoms with E-state index in [1.165, 1.54) is 0 Å². The maximum absolute atomic E-state index is 11.4. The van der Waals surface area contributed by atoms with Crippen LogP contribution < -0.4 is 0 Å². The Balaban J connectivity index is 2.02. The van der Waals surface area contributed by atoms with Crippen LogP contribution in [0.5, 0.6) is 0 Å². The molecule has 0 aromatic heterocycles. The van der Waals surface area contributed by atoms with Crippen LogP contribution in [0.25, 0.3) is 0 Å². The molecule has 0 spiro atoms. The Kier molecular flexibility index (Phi) is 2.98. The van der Waals surface area contributed by atoms with Crippen molar-refractivity contribution in [3.8, 4) is 0 Å². The number of rotatable bonds is 5. The van der Waals surface area contributed by atoms with E-state index in [0.29, 0.717) is 26.1 Å². The van der Waals surface area contributed by atoms with Crippen LogP contribution in [-0.4, -0.2) is 36.5 Å². The van der Waals surface area contributed by atoms with Gasteiger partial charge < -0.3 is 14.6 Å². The molecule has 0 aromatic carbocycles. The monoisotopic (exact) mass is 214 g/mol. The Hall–Kier alpha value is -0.610. The summed E-state index contributed by atoms with van der Waals surface area (Å²) < 4.78 is 10.9. The quantitative estimate of drug-likeness (QED) is 0.703. The standard InChI is InChI=1S/C11H18O4/c1-2-14-6-5-11(10(12)13)7-8-3-4-9(11)15-8/h8-9H,2-7H2,1H3,(H,12,13). The van der Waals surface area contributed by atoms with Gasteiger partial charge in [-0.15, -0.1) is 0 Å². The number of fused-ring (bicyclic) bond motifs is 2. The lowest BCUT2D eigenvalue weighted by atomic mass is 9.72. The van der Waals surface area contributed by atoms with E-state index in [2.05, 4.69) is 0 Å². The Bertz CT molecular complexity index is 253. The van der Waals surface area contributed by atoms with E-state index in [0.717, 1.165) is 12.8 Å². The molecule has 2 fully saturated rings. The number of ether oxygens (including phenoxy) is 2. The predicted octanol–water partition coefficient (Wildman–Crippen LogP) is 1.44. The summed E-state index contributed by atoms with van der Waals surface area (Å²) in [6.45, 7) is 3.09. The zero-order valence-electron chi connectivity index (χ0n) is 9.07. The molecule has 0 amide bonds. The summed E-state index contributed by atoms with van der Waals surface area (Å²) in [6, 6.07) is 0. The van der Waals surface area contributed by atoms with Crippen LogP contribution in [0.4, 0.5) is 0 Å². The lowest BCUT2D eigenvalue weighted by Crippen LogP contribution is -2.41. The minimum atomic E-state index is -0.714. The van der Waals surface area contributed by atoms with Gasteiger partial charge in [0, 0.05) is 13.2 Å². The summed E-state index contributed by atoms with van der Waals surface area (Å²) in [5.74, 6) is -0.714. The Morgan fingerprint density at radius 2 is 2.40 bits per heavy atom. The van der Waals surface area contributed by atoms with Crippen molar-refractivity contribution in [2.75, 3.05) is 13.2 Å². The van der Waals surface area contributed by atoms with Gasteiger partial charge in [0.25, 0.3) is 0 Å². The molecule has 1 N–H and O–H groups in total. The Morgan fingerprint density at radius 1 is 1.60 bits per heavy atom. The number of carboxylic acid groups (broad SMARTS) is 1. The fourth-order valence-electron chi connectivity index (χ4n) is 2.79. The highest BCUT2D eigenvalue weighted by atomic mass is 16.5. The summed E-state index contributed by atoms with van der Waals surface area (Å²) in [4.78, 5) is 11.4. The van der Waals surface area contributed by atoms with Crippen molar-refractivity contribution in [3.63, 3.8) is 0 Å². The highest BCUT2D eigenvalue weighted by Crippen LogP contribution is 2.50. The van der Waals surface area contributed by atoms with Gasteiger partial charge in [0.05, 0.1) is 17.6 Å². The number of carbonyl (C=O) groups is 1. The van der Waals surface area contributed by atoms with E-state index < -0.39 is 11.4 Å². The molecular weight excluding hydrogens is 196 g/mol. The summed E-state index contributed by atoms with van der Waals surface area (Å²) in [6.07, 6.45) is 3.25. The number of aliphatic carboxylic acids is 1. The van der Waals surface area contributed by atoms with E-state index in [1.807, 2.05) is 6.92 Å². The summed E-state index contributed by atoms with van der Waals surface area (Å²) in [5.41, 5.74) is -0.669. The van der Waals surface area contributed by atoms with Gasteiger partial charge in [-0.05, 0) is 32.6 Å². The second kappa shape index (κ2) is 4.10. The molecule has 0 aliphatic carbocycles. The van der Waals surface area contributed by atoms with Gasteiger partial charge in [0.15, 0.2) is 0 Å². The topological polar surface area (TPSA) is 55.8 Å². The van der Waals surface area contributed by atoms with Gasteiger partial charge in [-0.2, -0.15) is 0 Å². The third-order valence-electron chi connectivity index (χ3n) is 3.64. The predicted molar refractivity (Wildman–Crippen MR) is 53.7 cm³/mol. The van der Waals surface area contributed by atoms with Crippen molar-refractivity contribution in [2.24, 2.45) is 5.41 Å². The van der Waals surface area contributed by atoms with Gasteiger partial charge >= 0.3 is 5.97 Å². The molecular formula is C11H18O4. The molecule has 86 valence electrons. The van der Waals surface area contributed by atoms with Crippen LogP contribution in [0.3, 0.4) is 0 Å². The molecule has 15 heavy (non-hydrogen) atoms. The van der Waals surface area contributed by atoms with Gasteiger partial charge in [0.1, 0.15) is 0 Å². The molecule has 2 aliphatic rings. The highest BCUT2D eigenvalue weighted by molar-refractivity contribution is 5.76. The van der Waals surface area contributed by atoms with Gasteiger partial charge in [-0.1, -0.05) is 0 Å². The zero-order chi connectivity index (χ0) is 10.9. The third-order valence-corrected chi connectivity index (χ3v) is 3.64. The molecule has 2 saturated heterocycles. The van der Waals surface area contributed by atoms with Crippen LogP contribution in [0.2, 0.25) is 0 Å². The molecule has 0 saturated carbocycles. The normalized spacial score (nSPS) is 38.5. The second-order valence-electron chi connectivity index (χ2n) is 4.44. The van der Waals surface area contributed by atoms with Crippen LogP contribution in [-0.2, 0) is 14.3 Å². The zero-order valence-corrected chi connectivity index (χ0v) is 9.07. The highest BCUT2D eigenvalue weighted by Gasteiger charge is 2.56. The molecule has 2 bridgehead atoms. The Morgan fingerprint density at radius 3 is 2.87 bits per heavy atom. The minimum Gasteiger partial charge on any atom is -0.481 e. The van der Waals surface area contributed by atoms with Crippen molar-refractivity contribution in [3.05, 3.63) is 0 Å². The molecule has 2 aliphatic heterocycles. The molecule has 2 rings (SSSR count). The largest absolute Gasteiger partial charge is 0.481 e. The van der Waals surface area contributed by atoms with Crippen molar-refractivity contribution >= 4 is 5.97 Å². The SMILES string of the molecule is CCOCCC1(C(=O)O)CC2CCC1O2. The summed E-state index contributed by atoms with van der Waals surface area (Å²) in [5, 5.41) is 9.35. The maximum Gasteiger partial charge on any atom is 0.312 e. The van der Waals surface area contributed by atoms with Crippen LogP contribution in [0, 0.1) is 5.41 Å². The number of hydrogen-bond donors (Lipinski definition) is 1. The first-order valence-electron chi connectivity index (χ1n) is 5.65.